The monoisotopic (exact) mass is 258 g/mol. The maximum atomic E-state index is 12.8. The number of nitrogens with zero attached hydrogens (tertiary/aromatic N) is 2. The minimum Gasteiger partial charge on any atom is -0.295 e. The fraction of sp³-hybridized carbons (Fsp3) is 0.400. The summed E-state index contributed by atoms with van der Waals surface area (Å²) < 4.78 is 34.4. The summed E-state index contributed by atoms with van der Waals surface area (Å²) in [5.41, 5.74) is 0.748. The highest BCUT2D eigenvalue weighted by Gasteiger charge is 2.39. The first-order valence-corrected chi connectivity index (χ1v) is 6.49. The number of hydrogen-bond donors (Lipinski definition) is 0. The zero-order chi connectivity index (χ0) is 12.6. The smallest absolute Gasteiger partial charge is 0.295 e. The molecule has 5 nitrogen and oxygen atoms in total. The number of hydrogen-bond acceptors (Lipinski definition) is 4. The molecule has 7 heteroatoms. The zero-order valence-corrected chi connectivity index (χ0v) is 9.95. The molecule has 0 aromatic carbocycles. The summed E-state index contributed by atoms with van der Waals surface area (Å²) in [6.07, 6.45) is 1.18. The van der Waals surface area contributed by atoms with E-state index in [0.717, 1.165) is 5.56 Å². The summed E-state index contributed by atoms with van der Waals surface area (Å²) >= 11 is 0. The number of carbonyl (C=O) groups excluding carboxylic acids is 1. The van der Waals surface area contributed by atoms with Gasteiger partial charge in [0.25, 0.3) is 0 Å². The number of rotatable bonds is 2. The maximum absolute atomic E-state index is 12.8. The predicted molar refractivity (Wildman–Crippen MR) is 59.8 cm³/mol. The van der Waals surface area contributed by atoms with Crippen LogP contribution in [0.15, 0.2) is 18.3 Å². The molecule has 1 aromatic rings. The molecule has 1 saturated heterocycles. The van der Waals surface area contributed by atoms with E-state index in [1.807, 2.05) is 0 Å². The van der Waals surface area contributed by atoms with Gasteiger partial charge in [-0.3, -0.25) is 9.69 Å². The van der Waals surface area contributed by atoms with E-state index in [1.54, 1.807) is 19.1 Å². The van der Waals surface area contributed by atoms with E-state index in [2.05, 4.69) is 4.98 Å². The second-order valence-corrected chi connectivity index (χ2v) is 5.57. The molecular formula is C10H11FN2O3S. The molecule has 1 fully saturated rings. The third kappa shape index (κ3) is 2.28. The van der Waals surface area contributed by atoms with Gasteiger partial charge in [0.15, 0.2) is 0 Å². The third-order valence-corrected chi connectivity index (χ3v) is 3.84. The second-order valence-electron chi connectivity index (χ2n) is 3.95. The van der Waals surface area contributed by atoms with Crippen LogP contribution in [0.2, 0.25) is 0 Å². The number of amides is 1. The second kappa shape index (κ2) is 4.06. The highest BCUT2D eigenvalue weighted by Crippen LogP contribution is 2.26. The summed E-state index contributed by atoms with van der Waals surface area (Å²) in [7, 11) is -4.68. The van der Waals surface area contributed by atoms with E-state index in [0.29, 0.717) is 5.82 Å². The third-order valence-electron chi connectivity index (χ3n) is 2.73. The van der Waals surface area contributed by atoms with E-state index in [1.165, 1.54) is 11.1 Å². The Labute approximate surface area is 98.5 Å². The molecule has 0 bridgehead atoms. The fourth-order valence-electron chi connectivity index (χ4n) is 1.83. The van der Waals surface area contributed by atoms with Crippen molar-refractivity contribution in [3.63, 3.8) is 0 Å². The standard InChI is InChI=1S/C10H11FN2O3S/c1-7-3-2-4-12-10(7)13-6-8(5-9(13)14)17(11,15)16/h2-4,8H,5-6H2,1H3. The number of anilines is 1. The Bertz CT molecular complexity index is 558. The molecule has 1 aromatic heterocycles. The molecule has 1 amide bonds. The van der Waals surface area contributed by atoms with Gasteiger partial charge in [0.2, 0.25) is 5.91 Å². The molecule has 0 aliphatic carbocycles. The lowest BCUT2D eigenvalue weighted by molar-refractivity contribution is -0.117. The Hall–Kier alpha value is -1.50. The molecule has 0 radical (unpaired) electrons. The van der Waals surface area contributed by atoms with Crippen molar-refractivity contribution in [2.75, 3.05) is 11.4 Å². The Morgan fingerprint density at radius 1 is 1.53 bits per heavy atom. The van der Waals surface area contributed by atoms with Crippen molar-refractivity contribution in [2.24, 2.45) is 0 Å². The molecule has 1 aliphatic heterocycles. The van der Waals surface area contributed by atoms with Crippen LogP contribution in [0.25, 0.3) is 0 Å². The van der Waals surface area contributed by atoms with Crippen molar-refractivity contribution in [3.8, 4) is 0 Å². The topological polar surface area (TPSA) is 67.3 Å². The largest absolute Gasteiger partial charge is 0.307 e. The first kappa shape index (κ1) is 12.0. The molecule has 2 heterocycles. The lowest BCUT2D eigenvalue weighted by Gasteiger charge is -2.16. The summed E-state index contributed by atoms with van der Waals surface area (Å²) in [6, 6.07) is 3.47. The average Bonchev–Trinajstić information content (AvgIpc) is 2.61. The normalized spacial score (nSPS) is 20.9. The quantitative estimate of drug-likeness (QED) is 0.736. The SMILES string of the molecule is Cc1cccnc1N1CC(S(=O)(=O)F)CC1=O. The van der Waals surface area contributed by atoms with Gasteiger partial charge in [0.05, 0.1) is 0 Å². The Morgan fingerprint density at radius 3 is 2.76 bits per heavy atom. The van der Waals surface area contributed by atoms with Crippen molar-refractivity contribution < 1.29 is 17.1 Å². The van der Waals surface area contributed by atoms with Gasteiger partial charge >= 0.3 is 10.2 Å². The van der Waals surface area contributed by atoms with Crippen LogP contribution < -0.4 is 4.90 Å². The lowest BCUT2D eigenvalue weighted by atomic mass is 10.3. The van der Waals surface area contributed by atoms with Gasteiger partial charge in [-0.25, -0.2) is 4.98 Å². The molecular weight excluding hydrogens is 247 g/mol. The van der Waals surface area contributed by atoms with Gasteiger partial charge in [-0.1, -0.05) is 6.07 Å². The summed E-state index contributed by atoms with van der Waals surface area (Å²) in [6.45, 7) is 1.59. The van der Waals surface area contributed by atoms with Crippen molar-refractivity contribution in [1.29, 1.82) is 0 Å². The highest BCUT2D eigenvalue weighted by atomic mass is 32.3. The van der Waals surface area contributed by atoms with Crippen molar-refractivity contribution in [2.45, 2.75) is 18.6 Å². The number of pyridine rings is 1. The summed E-state index contributed by atoms with van der Waals surface area (Å²) in [5, 5.41) is -1.28. The molecule has 1 atom stereocenters. The minimum atomic E-state index is -4.68. The Kier molecular flexibility index (Phi) is 2.86. The van der Waals surface area contributed by atoms with Crippen molar-refractivity contribution >= 4 is 21.9 Å². The molecule has 1 unspecified atom stereocenters. The van der Waals surface area contributed by atoms with E-state index in [9.17, 15) is 17.1 Å². The molecule has 0 N–H and O–H groups in total. The number of halogens is 1. The zero-order valence-electron chi connectivity index (χ0n) is 9.13. The van der Waals surface area contributed by atoms with Gasteiger partial charge in [0.1, 0.15) is 11.1 Å². The maximum Gasteiger partial charge on any atom is 0.307 e. The average molecular weight is 258 g/mol. The van der Waals surface area contributed by atoms with E-state index in [-0.39, 0.29) is 13.0 Å². The Morgan fingerprint density at radius 2 is 2.24 bits per heavy atom. The van der Waals surface area contributed by atoms with E-state index < -0.39 is 21.4 Å². The van der Waals surface area contributed by atoms with Crippen LogP contribution in [0.5, 0.6) is 0 Å². The van der Waals surface area contributed by atoms with Crippen LogP contribution in [0.4, 0.5) is 9.70 Å². The molecule has 2 rings (SSSR count). The molecule has 17 heavy (non-hydrogen) atoms. The molecule has 0 saturated carbocycles. The van der Waals surface area contributed by atoms with Gasteiger partial charge in [-0.15, -0.1) is 3.89 Å². The van der Waals surface area contributed by atoms with Crippen molar-refractivity contribution in [3.05, 3.63) is 23.9 Å². The van der Waals surface area contributed by atoms with Gasteiger partial charge < -0.3 is 0 Å². The first-order valence-electron chi connectivity index (χ1n) is 5.05. The summed E-state index contributed by atoms with van der Waals surface area (Å²) in [5.74, 6) is -0.0262. The lowest BCUT2D eigenvalue weighted by Crippen LogP contribution is -2.28. The minimum absolute atomic E-state index is 0.171. The van der Waals surface area contributed by atoms with Crippen LogP contribution in [0.1, 0.15) is 12.0 Å². The van der Waals surface area contributed by atoms with Crippen molar-refractivity contribution in [1.82, 2.24) is 4.98 Å². The van der Waals surface area contributed by atoms with Crippen LogP contribution in [0.3, 0.4) is 0 Å². The van der Waals surface area contributed by atoms with Crippen LogP contribution in [0, 0.1) is 6.92 Å². The van der Waals surface area contributed by atoms with Gasteiger partial charge in [-0.2, -0.15) is 8.42 Å². The summed E-state index contributed by atoms with van der Waals surface area (Å²) in [4.78, 5) is 16.9. The molecule has 0 spiro atoms. The number of carbonyl (C=O) groups is 1. The number of aromatic nitrogens is 1. The van der Waals surface area contributed by atoms with Gasteiger partial charge in [0, 0.05) is 19.2 Å². The van der Waals surface area contributed by atoms with Crippen LogP contribution >= 0.6 is 0 Å². The highest BCUT2D eigenvalue weighted by molar-refractivity contribution is 7.87. The molecule has 1 aliphatic rings. The molecule has 92 valence electrons. The number of aryl methyl sites for hydroxylation is 1. The van der Waals surface area contributed by atoms with E-state index >= 15 is 0 Å². The van der Waals surface area contributed by atoms with Crippen LogP contribution in [-0.4, -0.2) is 31.1 Å². The van der Waals surface area contributed by atoms with Crippen LogP contribution in [-0.2, 0) is 15.0 Å². The fourth-order valence-corrected chi connectivity index (χ4v) is 2.50. The first-order chi connectivity index (χ1) is 7.89. The van der Waals surface area contributed by atoms with E-state index in [4.69, 9.17) is 0 Å². The van der Waals surface area contributed by atoms with Gasteiger partial charge in [-0.05, 0) is 18.6 Å². The predicted octanol–water partition coefficient (Wildman–Crippen LogP) is 0.795. The Balaban J connectivity index is 2.31.